The zero-order valence-corrected chi connectivity index (χ0v) is 14.7. The van der Waals surface area contributed by atoms with E-state index in [4.69, 9.17) is 4.74 Å². The van der Waals surface area contributed by atoms with Crippen molar-refractivity contribution in [1.82, 2.24) is 14.9 Å². The fraction of sp³-hybridized carbons (Fsp3) is 0.571. The van der Waals surface area contributed by atoms with Crippen molar-refractivity contribution in [3.63, 3.8) is 0 Å². The lowest BCUT2D eigenvalue weighted by molar-refractivity contribution is 0.245. The summed E-state index contributed by atoms with van der Waals surface area (Å²) in [5, 5.41) is 3.28. The summed E-state index contributed by atoms with van der Waals surface area (Å²) in [6.07, 6.45) is 0.748. The second-order valence-corrected chi connectivity index (χ2v) is 8.13. The Labute approximate surface area is 139 Å². The number of fused-ring (bicyclic) bond motifs is 1. The van der Waals surface area contributed by atoms with E-state index in [0.717, 1.165) is 49.2 Å². The third-order valence-corrected chi connectivity index (χ3v) is 5.86. The summed E-state index contributed by atoms with van der Waals surface area (Å²) >= 11 is 3.38. The molecule has 0 atom stereocenters. The molecule has 0 amide bonds. The maximum Gasteiger partial charge on any atom is 0.244 e. The van der Waals surface area contributed by atoms with Crippen LogP contribution in [0, 0.1) is 0 Å². The van der Waals surface area contributed by atoms with Crippen molar-refractivity contribution in [2.45, 2.75) is 11.3 Å². The number of hydrogen-bond donors (Lipinski definition) is 2. The second kappa shape index (κ2) is 6.84. The van der Waals surface area contributed by atoms with E-state index in [1.807, 2.05) is 6.07 Å². The van der Waals surface area contributed by atoms with E-state index < -0.39 is 10.0 Å². The number of nitrogens with zero attached hydrogens (tertiary/aromatic N) is 1. The highest BCUT2D eigenvalue weighted by atomic mass is 79.9. The van der Waals surface area contributed by atoms with Gasteiger partial charge in [-0.3, -0.25) is 4.90 Å². The smallest absolute Gasteiger partial charge is 0.244 e. The molecule has 1 saturated heterocycles. The Balaban J connectivity index is 1.68. The molecule has 0 radical (unpaired) electrons. The van der Waals surface area contributed by atoms with Crippen molar-refractivity contribution in [3.05, 3.63) is 22.2 Å². The van der Waals surface area contributed by atoms with Gasteiger partial charge >= 0.3 is 0 Å². The molecule has 0 aromatic heterocycles. The molecule has 2 heterocycles. The minimum Gasteiger partial charge on any atom is -0.492 e. The number of piperazine rings is 1. The second-order valence-electron chi connectivity index (χ2n) is 5.48. The number of nitrogens with one attached hydrogen (secondary N) is 2. The van der Waals surface area contributed by atoms with E-state index in [1.54, 1.807) is 6.07 Å². The van der Waals surface area contributed by atoms with Crippen LogP contribution in [0.2, 0.25) is 0 Å². The van der Waals surface area contributed by atoms with E-state index in [9.17, 15) is 8.42 Å². The average molecular weight is 390 g/mol. The first-order chi connectivity index (χ1) is 10.6. The first-order valence-electron chi connectivity index (χ1n) is 7.44. The van der Waals surface area contributed by atoms with Gasteiger partial charge in [0.15, 0.2) is 0 Å². The maximum absolute atomic E-state index is 12.5. The van der Waals surface area contributed by atoms with Gasteiger partial charge in [0.1, 0.15) is 10.6 Å². The van der Waals surface area contributed by atoms with Crippen molar-refractivity contribution in [2.75, 3.05) is 45.9 Å². The Morgan fingerprint density at radius 1 is 1.32 bits per heavy atom. The van der Waals surface area contributed by atoms with Gasteiger partial charge < -0.3 is 10.1 Å². The highest BCUT2D eigenvalue weighted by Crippen LogP contribution is 2.35. The van der Waals surface area contributed by atoms with Crippen LogP contribution < -0.4 is 14.8 Å². The van der Waals surface area contributed by atoms with Crippen LogP contribution in [0.1, 0.15) is 5.56 Å². The molecule has 3 rings (SSSR count). The number of ether oxygens (including phenoxy) is 1. The molecular weight excluding hydrogens is 370 g/mol. The number of sulfonamides is 1. The Kier molecular flexibility index (Phi) is 5.03. The SMILES string of the molecule is O=S(=O)(NCCN1CCNCC1)c1cc(Br)cc2c1OCC2. The van der Waals surface area contributed by atoms with Crippen molar-refractivity contribution in [1.29, 1.82) is 0 Å². The summed E-state index contributed by atoms with van der Waals surface area (Å²) in [7, 11) is -3.56. The molecule has 0 bridgehead atoms. The van der Waals surface area contributed by atoms with Gasteiger partial charge in [-0.1, -0.05) is 15.9 Å². The Morgan fingerprint density at radius 3 is 2.86 bits per heavy atom. The van der Waals surface area contributed by atoms with Gasteiger partial charge in [-0.25, -0.2) is 13.1 Å². The lowest BCUT2D eigenvalue weighted by Crippen LogP contribution is -2.46. The first-order valence-corrected chi connectivity index (χ1v) is 9.72. The molecule has 0 aliphatic carbocycles. The minimum absolute atomic E-state index is 0.231. The Morgan fingerprint density at radius 2 is 2.09 bits per heavy atom. The predicted molar refractivity (Wildman–Crippen MR) is 87.8 cm³/mol. The zero-order chi connectivity index (χ0) is 15.6. The van der Waals surface area contributed by atoms with Crippen LogP contribution in [0.15, 0.2) is 21.5 Å². The summed E-state index contributed by atoms with van der Waals surface area (Å²) in [5.74, 6) is 0.498. The number of hydrogen-bond acceptors (Lipinski definition) is 5. The molecule has 0 spiro atoms. The number of halogens is 1. The van der Waals surface area contributed by atoms with Crippen LogP contribution in [0.25, 0.3) is 0 Å². The molecule has 1 aromatic carbocycles. The van der Waals surface area contributed by atoms with Gasteiger partial charge in [-0.15, -0.1) is 0 Å². The lowest BCUT2D eigenvalue weighted by Gasteiger charge is -2.27. The molecular formula is C14H20BrN3O3S. The molecule has 0 saturated carbocycles. The van der Waals surface area contributed by atoms with Gasteiger partial charge in [0.25, 0.3) is 0 Å². The highest BCUT2D eigenvalue weighted by Gasteiger charge is 2.26. The standard InChI is InChI=1S/C14H20BrN3O3S/c15-12-9-11-1-8-21-14(11)13(10-12)22(19,20)17-4-7-18-5-2-16-3-6-18/h9-10,16-17H,1-8H2. The van der Waals surface area contributed by atoms with E-state index in [-0.39, 0.29) is 4.90 Å². The minimum atomic E-state index is -3.56. The third kappa shape index (κ3) is 3.62. The van der Waals surface area contributed by atoms with Crippen LogP contribution in [-0.4, -0.2) is 59.2 Å². The van der Waals surface area contributed by atoms with Gasteiger partial charge in [0.2, 0.25) is 10.0 Å². The Bertz CT molecular complexity index is 645. The summed E-state index contributed by atoms with van der Waals surface area (Å²) in [6, 6.07) is 3.53. The monoisotopic (exact) mass is 389 g/mol. The highest BCUT2D eigenvalue weighted by molar-refractivity contribution is 9.10. The average Bonchev–Trinajstić information content (AvgIpc) is 2.95. The topological polar surface area (TPSA) is 70.7 Å². The largest absolute Gasteiger partial charge is 0.492 e. The summed E-state index contributed by atoms with van der Waals surface area (Å²) in [4.78, 5) is 2.48. The first kappa shape index (κ1) is 16.2. The summed E-state index contributed by atoms with van der Waals surface area (Å²) in [5.41, 5.74) is 0.942. The summed E-state index contributed by atoms with van der Waals surface area (Å²) in [6.45, 7) is 5.49. The van der Waals surface area contributed by atoms with E-state index in [2.05, 4.69) is 30.9 Å². The quantitative estimate of drug-likeness (QED) is 0.770. The fourth-order valence-electron chi connectivity index (χ4n) is 2.79. The Hall–Kier alpha value is -0.670. The van der Waals surface area contributed by atoms with E-state index in [1.165, 1.54) is 0 Å². The van der Waals surface area contributed by atoms with Gasteiger partial charge in [0.05, 0.1) is 6.61 Å². The predicted octanol–water partition coefficient (Wildman–Crippen LogP) is 0.567. The van der Waals surface area contributed by atoms with E-state index in [0.29, 0.717) is 18.9 Å². The maximum atomic E-state index is 12.5. The molecule has 2 N–H and O–H groups in total. The van der Waals surface area contributed by atoms with Crippen molar-refractivity contribution < 1.29 is 13.2 Å². The number of benzene rings is 1. The third-order valence-electron chi connectivity index (χ3n) is 3.93. The van der Waals surface area contributed by atoms with Gasteiger partial charge in [-0.05, 0) is 12.1 Å². The molecule has 22 heavy (non-hydrogen) atoms. The molecule has 1 aromatic rings. The molecule has 8 heteroatoms. The normalized spacial score (nSPS) is 19.0. The summed E-state index contributed by atoms with van der Waals surface area (Å²) < 4.78 is 34.0. The van der Waals surface area contributed by atoms with Crippen molar-refractivity contribution in [2.24, 2.45) is 0 Å². The molecule has 2 aliphatic heterocycles. The zero-order valence-electron chi connectivity index (χ0n) is 12.3. The lowest BCUT2D eigenvalue weighted by atomic mass is 10.2. The van der Waals surface area contributed by atoms with Crippen LogP contribution in [0.5, 0.6) is 5.75 Å². The molecule has 0 unspecified atom stereocenters. The van der Waals surface area contributed by atoms with Gasteiger partial charge in [0, 0.05) is 55.7 Å². The van der Waals surface area contributed by atoms with Crippen molar-refractivity contribution in [3.8, 4) is 5.75 Å². The van der Waals surface area contributed by atoms with Crippen LogP contribution in [0.3, 0.4) is 0 Å². The molecule has 122 valence electrons. The van der Waals surface area contributed by atoms with E-state index >= 15 is 0 Å². The van der Waals surface area contributed by atoms with Crippen LogP contribution in [-0.2, 0) is 16.4 Å². The molecule has 6 nitrogen and oxygen atoms in total. The molecule has 2 aliphatic rings. The molecule has 1 fully saturated rings. The van der Waals surface area contributed by atoms with Crippen LogP contribution in [0.4, 0.5) is 0 Å². The number of rotatable bonds is 5. The van der Waals surface area contributed by atoms with Crippen LogP contribution >= 0.6 is 15.9 Å². The van der Waals surface area contributed by atoms with Crippen molar-refractivity contribution >= 4 is 26.0 Å². The van der Waals surface area contributed by atoms with Gasteiger partial charge in [-0.2, -0.15) is 0 Å². The fourth-order valence-corrected chi connectivity index (χ4v) is 4.67.